The van der Waals surface area contributed by atoms with Gasteiger partial charge < -0.3 is 0 Å². The molecule has 1 saturated carbocycles. The number of rotatable bonds is 4. The fourth-order valence-corrected chi connectivity index (χ4v) is 2.94. The number of sulfonamides is 1. The van der Waals surface area contributed by atoms with E-state index in [-0.39, 0.29) is 16.3 Å². The van der Waals surface area contributed by atoms with Crippen LogP contribution >= 0.6 is 0 Å². The first-order valence-corrected chi connectivity index (χ1v) is 8.47. The number of nitro benzene ring substituents is 1. The highest BCUT2D eigenvalue weighted by Crippen LogP contribution is 2.28. The number of nitrogens with one attached hydrogen (secondary N) is 1. The third kappa shape index (κ3) is 3.80. The first kappa shape index (κ1) is 16.4. The molecule has 0 bridgehead atoms. The molecule has 0 spiro atoms. The van der Waals surface area contributed by atoms with Gasteiger partial charge in [0.2, 0.25) is 10.0 Å². The van der Waals surface area contributed by atoms with E-state index in [0.29, 0.717) is 5.92 Å². The van der Waals surface area contributed by atoms with E-state index in [2.05, 4.69) is 17.5 Å². The second kappa shape index (κ2) is 6.41. The fourth-order valence-electron chi connectivity index (χ4n) is 2.40. The summed E-state index contributed by atoms with van der Waals surface area (Å²) in [6, 6.07) is 3.45. The summed E-state index contributed by atoms with van der Waals surface area (Å²) < 4.78 is 22.5. The molecule has 1 aliphatic rings. The van der Waals surface area contributed by atoms with Crippen LogP contribution in [-0.4, -0.2) is 19.1 Å². The van der Waals surface area contributed by atoms with Crippen molar-refractivity contribution in [2.75, 3.05) is 5.43 Å². The molecule has 0 unspecified atom stereocenters. The third-order valence-electron chi connectivity index (χ3n) is 3.70. The van der Waals surface area contributed by atoms with Gasteiger partial charge >= 0.3 is 0 Å². The average Bonchev–Trinajstić information content (AvgIpc) is 2.45. The lowest BCUT2D eigenvalue weighted by Gasteiger charge is -2.20. The molecule has 8 nitrogen and oxygen atoms in total. The summed E-state index contributed by atoms with van der Waals surface area (Å²) in [6.45, 7) is 2.07. The van der Waals surface area contributed by atoms with Crippen molar-refractivity contribution in [3.63, 3.8) is 0 Å². The number of primary sulfonamides is 1. The molecule has 2 rings (SSSR count). The van der Waals surface area contributed by atoms with Crippen LogP contribution in [0.4, 0.5) is 11.4 Å². The monoisotopic (exact) mass is 326 g/mol. The number of anilines is 1. The summed E-state index contributed by atoms with van der Waals surface area (Å²) in [7, 11) is -3.99. The van der Waals surface area contributed by atoms with Crippen LogP contribution in [0.1, 0.15) is 32.6 Å². The maximum atomic E-state index is 11.3. The standard InChI is InChI=1S/C13H18N4O4S/c1-9-4-2-3-5-11(9)15-16-12-7-6-10(22(14,20)21)8-13(12)17(18)19/h6-9,16H,2-5H2,1H3,(H2,14,20,21)/b15-11-/t9-/m0/s1. The van der Waals surface area contributed by atoms with Crippen LogP contribution < -0.4 is 10.6 Å². The molecule has 1 atom stereocenters. The Labute approximate surface area is 128 Å². The predicted molar refractivity (Wildman–Crippen MR) is 83.2 cm³/mol. The average molecular weight is 326 g/mol. The van der Waals surface area contributed by atoms with Crippen molar-refractivity contribution < 1.29 is 13.3 Å². The zero-order valence-electron chi connectivity index (χ0n) is 12.2. The van der Waals surface area contributed by atoms with Gasteiger partial charge in [0.1, 0.15) is 5.69 Å². The van der Waals surface area contributed by atoms with Crippen LogP contribution in [-0.2, 0) is 10.0 Å². The Kier molecular flexibility index (Phi) is 4.77. The van der Waals surface area contributed by atoms with E-state index >= 15 is 0 Å². The van der Waals surface area contributed by atoms with Crippen LogP contribution in [0.15, 0.2) is 28.2 Å². The number of benzene rings is 1. The highest BCUT2D eigenvalue weighted by Gasteiger charge is 2.20. The smallest absolute Gasteiger partial charge is 0.272 e. The van der Waals surface area contributed by atoms with E-state index in [0.717, 1.165) is 37.5 Å². The zero-order chi connectivity index (χ0) is 16.3. The highest BCUT2D eigenvalue weighted by molar-refractivity contribution is 7.89. The Morgan fingerprint density at radius 2 is 2.14 bits per heavy atom. The highest BCUT2D eigenvalue weighted by atomic mass is 32.2. The third-order valence-corrected chi connectivity index (χ3v) is 4.61. The van der Waals surface area contributed by atoms with Gasteiger partial charge in [-0.05, 0) is 37.3 Å². The Hall–Kier alpha value is -2.00. The largest absolute Gasteiger partial charge is 0.295 e. The lowest BCUT2D eigenvalue weighted by Crippen LogP contribution is -2.17. The Morgan fingerprint density at radius 3 is 2.73 bits per heavy atom. The van der Waals surface area contributed by atoms with Gasteiger partial charge in [0.15, 0.2) is 0 Å². The lowest BCUT2D eigenvalue weighted by molar-refractivity contribution is -0.384. The van der Waals surface area contributed by atoms with E-state index in [1.165, 1.54) is 12.1 Å². The molecule has 3 N–H and O–H groups in total. The number of hydrogen-bond donors (Lipinski definition) is 2. The van der Waals surface area contributed by atoms with Crippen LogP contribution in [0.2, 0.25) is 0 Å². The van der Waals surface area contributed by atoms with Crippen molar-refractivity contribution in [1.29, 1.82) is 0 Å². The Balaban J connectivity index is 2.31. The minimum absolute atomic E-state index is 0.141. The molecular weight excluding hydrogens is 308 g/mol. The SMILES string of the molecule is C[C@H]1CCCC/C1=N/Nc1ccc(S(N)(=O)=O)cc1[N+](=O)[O-]. The molecule has 22 heavy (non-hydrogen) atoms. The van der Waals surface area contributed by atoms with E-state index in [1.54, 1.807) is 0 Å². The van der Waals surface area contributed by atoms with Gasteiger partial charge in [0.25, 0.3) is 5.69 Å². The van der Waals surface area contributed by atoms with Gasteiger partial charge in [0, 0.05) is 11.8 Å². The summed E-state index contributed by atoms with van der Waals surface area (Å²) in [5.41, 5.74) is 3.42. The lowest BCUT2D eigenvalue weighted by atomic mass is 9.89. The second-order valence-corrected chi connectivity index (χ2v) is 6.90. The molecule has 0 aliphatic heterocycles. The zero-order valence-corrected chi connectivity index (χ0v) is 13.0. The van der Waals surface area contributed by atoms with Gasteiger partial charge in [0.05, 0.1) is 9.82 Å². The number of nitrogens with zero attached hydrogens (tertiary/aromatic N) is 2. The maximum absolute atomic E-state index is 11.3. The fraction of sp³-hybridized carbons (Fsp3) is 0.462. The maximum Gasteiger partial charge on any atom is 0.295 e. The normalized spacial score (nSPS) is 20.8. The van der Waals surface area contributed by atoms with Gasteiger partial charge in [-0.2, -0.15) is 5.10 Å². The molecule has 120 valence electrons. The summed E-state index contributed by atoms with van der Waals surface area (Å²) in [6.07, 6.45) is 4.12. The van der Waals surface area contributed by atoms with Gasteiger partial charge in [-0.1, -0.05) is 13.3 Å². The summed E-state index contributed by atoms with van der Waals surface area (Å²) in [5, 5.41) is 20.3. The molecule has 0 heterocycles. The molecule has 0 aromatic heterocycles. The first-order valence-electron chi connectivity index (χ1n) is 6.92. The molecule has 0 saturated heterocycles. The van der Waals surface area contributed by atoms with Crippen molar-refractivity contribution in [2.24, 2.45) is 16.2 Å². The van der Waals surface area contributed by atoms with Crippen molar-refractivity contribution >= 4 is 27.1 Å². The summed E-state index contributed by atoms with van der Waals surface area (Å²) in [5.74, 6) is 0.337. The molecular formula is C13H18N4O4S. The second-order valence-electron chi connectivity index (χ2n) is 5.34. The topological polar surface area (TPSA) is 128 Å². The van der Waals surface area contributed by atoms with E-state index < -0.39 is 14.9 Å². The minimum atomic E-state index is -3.99. The molecule has 1 aromatic rings. The predicted octanol–water partition coefficient (Wildman–Crippen LogP) is 2.22. The molecule has 0 radical (unpaired) electrons. The van der Waals surface area contributed by atoms with E-state index in [1.807, 2.05) is 0 Å². The molecule has 1 aliphatic carbocycles. The number of nitro groups is 1. The quantitative estimate of drug-likeness (QED) is 0.647. The van der Waals surface area contributed by atoms with Crippen LogP contribution in [0, 0.1) is 16.0 Å². The number of hydrazone groups is 1. The molecule has 0 amide bonds. The molecule has 1 aromatic carbocycles. The van der Waals surface area contributed by atoms with Crippen LogP contribution in [0.5, 0.6) is 0 Å². The van der Waals surface area contributed by atoms with Crippen molar-refractivity contribution in [1.82, 2.24) is 0 Å². The summed E-state index contributed by atoms with van der Waals surface area (Å²) in [4.78, 5) is 10.1. The summed E-state index contributed by atoms with van der Waals surface area (Å²) >= 11 is 0. The Bertz CT molecular complexity index is 715. The van der Waals surface area contributed by atoms with Crippen molar-refractivity contribution in [2.45, 2.75) is 37.5 Å². The first-order chi connectivity index (χ1) is 10.3. The number of hydrogen-bond acceptors (Lipinski definition) is 6. The van der Waals surface area contributed by atoms with Crippen LogP contribution in [0.3, 0.4) is 0 Å². The van der Waals surface area contributed by atoms with Gasteiger partial charge in [-0.3, -0.25) is 15.5 Å². The Morgan fingerprint density at radius 1 is 1.41 bits per heavy atom. The number of nitrogens with two attached hydrogens (primary N) is 1. The molecule has 1 fully saturated rings. The van der Waals surface area contributed by atoms with Crippen molar-refractivity contribution in [3.05, 3.63) is 28.3 Å². The van der Waals surface area contributed by atoms with E-state index in [9.17, 15) is 18.5 Å². The van der Waals surface area contributed by atoms with Gasteiger partial charge in [-0.25, -0.2) is 13.6 Å². The minimum Gasteiger partial charge on any atom is -0.272 e. The van der Waals surface area contributed by atoms with Gasteiger partial charge in [-0.15, -0.1) is 0 Å². The molecule has 9 heteroatoms. The van der Waals surface area contributed by atoms with E-state index in [4.69, 9.17) is 5.14 Å². The van der Waals surface area contributed by atoms with Crippen molar-refractivity contribution in [3.8, 4) is 0 Å². The van der Waals surface area contributed by atoms with Crippen LogP contribution in [0.25, 0.3) is 0 Å².